The summed E-state index contributed by atoms with van der Waals surface area (Å²) in [4.78, 5) is 0. The largest absolute Gasteiger partial charge is 0.383 e. The molecule has 1 fully saturated rings. The van der Waals surface area contributed by atoms with Gasteiger partial charge in [-0.05, 0) is 12.3 Å². The van der Waals surface area contributed by atoms with Gasteiger partial charge < -0.3 is 4.74 Å². The fourth-order valence-corrected chi connectivity index (χ4v) is 2.43. The fourth-order valence-electron chi connectivity index (χ4n) is 1.35. The van der Waals surface area contributed by atoms with E-state index in [1.54, 1.807) is 0 Å². The Bertz CT molecular complexity index is 99.1. The molecular weight excluding hydrogens is 226 g/mol. The van der Waals surface area contributed by atoms with E-state index < -0.39 is 0 Å². The Labute approximate surface area is 71.1 Å². The monoisotopic (exact) mass is 238 g/mol. The molecule has 52 valence electrons. The number of halogens is 1. The van der Waals surface area contributed by atoms with Gasteiger partial charge in [-0.1, -0.05) is 29.5 Å². The van der Waals surface area contributed by atoms with Gasteiger partial charge in [0.25, 0.3) is 0 Å². The number of ether oxygens (including phenoxy) is 1. The normalized spacial score (nSPS) is 43.6. The highest BCUT2D eigenvalue weighted by molar-refractivity contribution is 14.1. The van der Waals surface area contributed by atoms with Crippen LogP contribution >= 0.6 is 22.6 Å². The summed E-state index contributed by atoms with van der Waals surface area (Å²) in [5.74, 6) is 0.775. The first-order chi connectivity index (χ1) is 4.24. The van der Waals surface area contributed by atoms with Crippen LogP contribution in [0.4, 0.5) is 0 Å². The molecule has 1 aliphatic rings. The maximum absolute atomic E-state index is 5.62. The summed E-state index contributed by atoms with van der Waals surface area (Å²) in [6, 6.07) is 0.500. The summed E-state index contributed by atoms with van der Waals surface area (Å²) in [7, 11) is 2.16. The molecule has 0 bridgehead atoms. The van der Waals surface area contributed by atoms with Crippen molar-refractivity contribution in [3.8, 4) is 0 Å². The third-order valence-electron chi connectivity index (χ3n) is 1.90. The van der Waals surface area contributed by atoms with Gasteiger partial charge in [0.05, 0.1) is 6.10 Å². The van der Waals surface area contributed by atoms with Crippen LogP contribution in [0.25, 0.3) is 0 Å². The van der Waals surface area contributed by atoms with Gasteiger partial charge in [-0.3, -0.25) is 0 Å². The lowest BCUT2D eigenvalue weighted by atomic mass is 9.92. The molecule has 1 saturated heterocycles. The molecular formula is C6H12BIO. The molecule has 1 rings (SSSR count). The first-order valence-corrected chi connectivity index (χ1v) is 4.98. The second-order valence-corrected chi connectivity index (χ2v) is 3.73. The summed E-state index contributed by atoms with van der Waals surface area (Å²) in [6.07, 6.45) is 1.77. The third kappa shape index (κ3) is 1.83. The molecule has 0 spiro atoms. The molecule has 0 N–H and O–H groups in total. The Morgan fingerprint density at radius 3 is 2.67 bits per heavy atom. The summed E-state index contributed by atoms with van der Waals surface area (Å²) in [6.45, 7) is 2.27. The Morgan fingerprint density at radius 2 is 2.44 bits per heavy atom. The van der Waals surface area contributed by atoms with Gasteiger partial charge in [0.1, 0.15) is 7.85 Å². The molecule has 3 atom stereocenters. The molecule has 0 radical (unpaired) electrons. The topological polar surface area (TPSA) is 9.23 Å². The van der Waals surface area contributed by atoms with Gasteiger partial charge in [0.15, 0.2) is 0 Å². The molecule has 0 aliphatic carbocycles. The standard InChI is InChI=1S/C6H12BIO/c1-4-2-6(7)9-5(4)3-8/h4-6H,2-3,7H2,1H3/t4-,5+,6+/m1/s1. The van der Waals surface area contributed by atoms with Gasteiger partial charge in [0, 0.05) is 10.4 Å². The maximum Gasteiger partial charge on any atom is 0.139 e. The van der Waals surface area contributed by atoms with E-state index in [2.05, 4.69) is 37.4 Å². The van der Waals surface area contributed by atoms with Crippen molar-refractivity contribution >= 4 is 30.4 Å². The van der Waals surface area contributed by atoms with Crippen LogP contribution in [0, 0.1) is 5.92 Å². The molecule has 0 amide bonds. The summed E-state index contributed by atoms with van der Waals surface area (Å²) in [5.41, 5.74) is 0. The van der Waals surface area contributed by atoms with Crippen LogP contribution in [0.5, 0.6) is 0 Å². The second kappa shape index (κ2) is 3.24. The van der Waals surface area contributed by atoms with E-state index in [1.165, 1.54) is 6.42 Å². The van der Waals surface area contributed by atoms with Crippen molar-refractivity contribution in [2.45, 2.75) is 25.5 Å². The van der Waals surface area contributed by atoms with Crippen LogP contribution in [-0.4, -0.2) is 24.4 Å². The Morgan fingerprint density at radius 1 is 1.78 bits per heavy atom. The van der Waals surface area contributed by atoms with Crippen LogP contribution in [0.3, 0.4) is 0 Å². The number of hydrogen-bond donors (Lipinski definition) is 0. The molecule has 0 aromatic rings. The minimum Gasteiger partial charge on any atom is -0.383 e. The van der Waals surface area contributed by atoms with Crippen molar-refractivity contribution in [2.75, 3.05) is 4.43 Å². The molecule has 9 heavy (non-hydrogen) atoms. The van der Waals surface area contributed by atoms with Crippen molar-refractivity contribution in [3.05, 3.63) is 0 Å². The molecule has 0 unspecified atom stereocenters. The van der Waals surface area contributed by atoms with Crippen molar-refractivity contribution in [1.29, 1.82) is 0 Å². The van der Waals surface area contributed by atoms with Crippen molar-refractivity contribution < 1.29 is 4.74 Å². The maximum atomic E-state index is 5.62. The van der Waals surface area contributed by atoms with Crippen molar-refractivity contribution in [3.63, 3.8) is 0 Å². The van der Waals surface area contributed by atoms with E-state index in [-0.39, 0.29) is 0 Å². The first kappa shape index (κ1) is 7.86. The highest BCUT2D eigenvalue weighted by Gasteiger charge is 2.27. The average molecular weight is 238 g/mol. The highest BCUT2D eigenvalue weighted by atomic mass is 127. The van der Waals surface area contributed by atoms with Crippen molar-refractivity contribution in [1.82, 2.24) is 0 Å². The molecule has 0 aromatic heterocycles. The zero-order valence-electron chi connectivity index (χ0n) is 5.93. The van der Waals surface area contributed by atoms with Gasteiger partial charge in [0.2, 0.25) is 0 Å². The minimum atomic E-state index is 0.500. The van der Waals surface area contributed by atoms with Crippen LogP contribution < -0.4 is 0 Å². The molecule has 0 aromatic carbocycles. The molecule has 3 heteroatoms. The smallest absolute Gasteiger partial charge is 0.139 e. The van der Waals surface area contributed by atoms with Crippen LogP contribution in [0.15, 0.2) is 0 Å². The van der Waals surface area contributed by atoms with E-state index in [1.807, 2.05) is 0 Å². The Balaban J connectivity index is 2.38. The van der Waals surface area contributed by atoms with E-state index in [9.17, 15) is 0 Å². The van der Waals surface area contributed by atoms with Gasteiger partial charge >= 0.3 is 0 Å². The number of alkyl halides is 1. The SMILES string of the molecule is B[C@@H]1C[C@@H](C)[C@H](CI)O1. The predicted octanol–water partition coefficient (Wildman–Crippen LogP) is 0.806. The van der Waals surface area contributed by atoms with Crippen LogP contribution in [-0.2, 0) is 4.74 Å². The number of rotatable bonds is 1. The summed E-state index contributed by atoms with van der Waals surface area (Å²) < 4.78 is 6.76. The van der Waals surface area contributed by atoms with E-state index in [0.29, 0.717) is 12.1 Å². The fraction of sp³-hybridized carbons (Fsp3) is 1.00. The minimum absolute atomic E-state index is 0.500. The lowest BCUT2D eigenvalue weighted by Gasteiger charge is -2.09. The molecule has 1 heterocycles. The van der Waals surface area contributed by atoms with Gasteiger partial charge in [-0.25, -0.2) is 0 Å². The van der Waals surface area contributed by atoms with E-state index in [4.69, 9.17) is 4.74 Å². The quantitative estimate of drug-likeness (QED) is 0.373. The summed E-state index contributed by atoms with van der Waals surface area (Å²) in [5, 5.41) is 0. The average Bonchev–Trinajstić information content (AvgIpc) is 2.10. The molecule has 1 aliphatic heterocycles. The molecule has 1 nitrogen and oxygen atoms in total. The van der Waals surface area contributed by atoms with Crippen LogP contribution in [0.1, 0.15) is 13.3 Å². The molecule has 0 saturated carbocycles. The van der Waals surface area contributed by atoms with Gasteiger partial charge in [-0.2, -0.15) is 0 Å². The zero-order chi connectivity index (χ0) is 6.85. The summed E-state index contributed by atoms with van der Waals surface area (Å²) >= 11 is 2.39. The lowest BCUT2D eigenvalue weighted by molar-refractivity contribution is 0.0937. The van der Waals surface area contributed by atoms with Gasteiger partial charge in [-0.15, -0.1) is 0 Å². The first-order valence-electron chi connectivity index (χ1n) is 3.45. The Hall–Kier alpha value is 0.755. The Kier molecular flexibility index (Phi) is 2.83. The van der Waals surface area contributed by atoms with Crippen LogP contribution in [0.2, 0.25) is 0 Å². The number of hydrogen-bond acceptors (Lipinski definition) is 1. The predicted molar refractivity (Wildman–Crippen MR) is 49.9 cm³/mol. The van der Waals surface area contributed by atoms with Crippen molar-refractivity contribution in [2.24, 2.45) is 5.92 Å². The third-order valence-corrected chi connectivity index (χ3v) is 2.77. The second-order valence-electron chi connectivity index (χ2n) is 2.85. The lowest BCUT2D eigenvalue weighted by Crippen LogP contribution is -2.15. The zero-order valence-corrected chi connectivity index (χ0v) is 8.09. The van der Waals surface area contributed by atoms with E-state index in [0.717, 1.165) is 10.3 Å². The highest BCUT2D eigenvalue weighted by Crippen LogP contribution is 2.25. The van der Waals surface area contributed by atoms with E-state index >= 15 is 0 Å².